The zero-order valence-electron chi connectivity index (χ0n) is 12.7. The molecule has 1 N–H and O–H groups in total. The van der Waals surface area contributed by atoms with E-state index < -0.39 is 0 Å². The second-order valence-electron chi connectivity index (χ2n) is 5.10. The zero-order chi connectivity index (χ0) is 14.5. The summed E-state index contributed by atoms with van der Waals surface area (Å²) in [6.07, 6.45) is 1.96. The van der Waals surface area contributed by atoms with Gasteiger partial charge in [-0.15, -0.1) is 0 Å². The van der Waals surface area contributed by atoms with Crippen molar-refractivity contribution < 1.29 is 4.74 Å². The van der Waals surface area contributed by atoms with Gasteiger partial charge in [0.25, 0.3) is 0 Å². The molecule has 0 saturated carbocycles. The van der Waals surface area contributed by atoms with E-state index >= 15 is 0 Å². The molecule has 1 aromatic heterocycles. The maximum absolute atomic E-state index is 5.20. The fourth-order valence-corrected chi connectivity index (χ4v) is 2.33. The van der Waals surface area contributed by atoms with Crippen LogP contribution in [0.4, 0.5) is 0 Å². The first-order valence-corrected chi connectivity index (χ1v) is 7.09. The van der Waals surface area contributed by atoms with Crippen molar-refractivity contribution in [3.8, 4) is 11.4 Å². The summed E-state index contributed by atoms with van der Waals surface area (Å²) in [7, 11) is 1.68. The quantitative estimate of drug-likeness (QED) is 0.879. The van der Waals surface area contributed by atoms with Crippen LogP contribution in [0, 0.1) is 0 Å². The molecule has 20 heavy (non-hydrogen) atoms. The molecule has 0 atom stereocenters. The predicted octanol–water partition coefficient (Wildman–Crippen LogP) is 3.11. The fraction of sp³-hybridized carbons (Fsp3) is 0.438. The predicted molar refractivity (Wildman–Crippen MR) is 81.6 cm³/mol. The summed E-state index contributed by atoms with van der Waals surface area (Å²) in [5, 5.41) is 7.92. The molecule has 0 aliphatic carbocycles. The maximum Gasteiger partial charge on any atom is 0.119 e. The van der Waals surface area contributed by atoms with Crippen molar-refractivity contribution in [3.05, 3.63) is 41.7 Å². The van der Waals surface area contributed by atoms with Crippen LogP contribution in [-0.4, -0.2) is 23.4 Å². The van der Waals surface area contributed by atoms with Crippen LogP contribution in [0.25, 0.3) is 5.69 Å². The van der Waals surface area contributed by atoms with Crippen LogP contribution in [0.3, 0.4) is 0 Å². The van der Waals surface area contributed by atoms with E-state index in [4.69, 9.17) is 4.74 Å². The van der Waals surface area contributed by atoms with Gasteiger partial charge in [-0.25, -0.2) is 4.68 Å². The second-order valence-corrected chi connectivity index (χ2v) is 5.10. The van der Waals surface area contributed by atoms with E-state index in [2.05, 4.69) is 31.2 Å². The molecule has 1 aromatic carbocycles. The van der Waals surface area contributed by atoms with Gasteiger partial charge in [0.2, 0.25) is 0 Å². The Morgan fingerprint density at radius 3 is 2.50 bits per heavy atom. The lowest BCUT2D eigenvalue weighted by molar-refractivity contribution is 0.414. The Labute approximate surface area is 120 Å². The summed E-state index contributed by atoms with van der Waals surface area (Å²) >= 11 is 0. The average Bonchev–Trinajstić information content (AvgIpc) is 2.89. The molecule has 0 amide bonds. The van der Waals surface area contributed by atoms with Crippen molar-refractivity contribution in [3.63, 3.8) is 0 Å². The van der Waals surface area contributed by atoms with Crippen molar-refractivity contribution in [1.29, 1.82) is 0 Å². The highest BCUT2D eigenvalue weighted by atomic mass is 16.5. The molecular weight excluding hydrogens is 250 g/mol. The van der Waals surface area contributed by atoms with Gasteiger partial charge in [0.05, 0.1) is 24.7 Å². The highest BCUT2D eigenvalue weighted by Crippen LogP contribution is 2.24. The number of rotatable bonds is 6. The van der Waals surface area contributed by atoms with E-state index in [9.17, 15) is 0 Å². The average molecular weight is 273 g/mol. The molecule has 0 radical (unpaired) electrons. The van der Waals surface area contributed by atoms with Crippen LogP contribution in [0.5, 0.6) is 5.75 Å². The molecule has 0 fully saturated rings. The molecule has 108 valence electrons. The second kappa shape index (κ2) is 6.57. The third-order valence-corrected chi connectivity index (χ3v) is 3.32. The molecule has 0 saturated heterocycles. The first-order chi connectivity index (χ1) is 9.67. The van der Waals surface area contributed by atoms with Crippen molar-refractivity contribution in [2.45, 2.75) is 33.2 Å². The minimum Gasteiger partial charge on any atom is -0.497 e. The highest BCUT2D eigenvalue weighted by molar-refractivity contribution is 5.40. The summed E-state index contributed by atoms with van der Waals surface area (Å²) < 4.78 is 7.23. The molecule has 2 rings (SSSR count). The number of ether oxygens (including phenoxy) is 1. The van der Waals surface area contributed by atoms with Crippen LogP contribution in [0.15, 0.2) is 30.5 Å². The summed E-state index contributed by atoms with van der Waals surface area (Å²) in [6, 6.07) is 8.00. The maximum atomic E-state index is 5.20. The van der Waals surface area contributed by atoms with E-state index in [0.29, 0.717) is 5.92 Å². The van der Waals surface area contributed by atoms with E-state index in [0.717, 1.165) is 24.5 Å². The normalized spacial score (nSPS) is 11.1. The largest absolute Gasteiger partial charge is 0.497 e. The molecule has 0 spiro atoms. The lowest BCUT2D eigenvalue weighted by atomic mass is 10.1. The third-order valence-electron chi connectivity index (χ3n) is 3.32. The van der Waals surface area contributed by atoms with Crippen LogP contribution in [0.1, 0.15) is 37.9 Å². The van der Waals surface area contributed by atoms with Crippen molar-refractivity contribution >= 4 is 0 Å². The van der Waals surface area contributed by atoms with Gasteiger partial charge in [-0.05, 0) is 36.7 Å². The summed E-state index contributed by atoms with van der Waals surface area (Å²) in [5.41, 5.74) is 3.59. The molecule has 0 bridgehead atoms. The molecule has 4 heteroatoms. The summed E-state index contributed by atoms with van der Waals surface area (Å²) in [5.74, 6) is 1.29. The van der Waals surface area contributed by atoms with E-state index in [1.54, 1.807) is 7.11 Å². The molecular formula is C16H23N3O. The van der Waals surface area contributed by atoms with Gasteiger partial charge in [0.15, 0.2) is 0 Å². The Morgan fingerprint density at radius 2 is 1.95 bits per heavy atom. The third kappa shape index (κ3) is 3.02. The summed E-state index contributed by atoms with van der Waals surface area (Å²) in [4.78, 5) is 0. The standard InChI is InChI=1S/C16H23N3O/c1-5-17-10-13-11-18-19(16(13)12(2)3)14-6-8-15(20-4)9-7-14/h6-9,11-12,17H,5,10H2,1-4H3. The van der Waals surface area contributed by atoms with E-state index in [1.807, 2.05) is 35.1 Å². The Bertz CT molecular complexity index is 543. The van der Waals surface area contributed by atoms with E-state index in [1.165, 1.54) is 11.3 Å². The van der Waals surface area contributed by atoms with Crippen LogP contribution in [0.2, 0.25) is 0 Å². The molecule has 0 aliphatic heterocycles. The van der Waals surface area contributed by atoms with E-state index in [-0.39, 0.29) is 0 Å². The first kappa shape index (κ1) is 14.6. The van der Waals surface area contributed by atoms with Crippen molar-refractivity contribution in [2.24, 2.45) is 0 Å². The van der Waals surface area contributed by atoms with Crippen molar-refractivity contribution in [1.82, 2.24) is 15.1 Å². The molecule has 0 unspecified atom stereocenters. The smallest absolute Gasteiger partial charge is 0.119 e. The number of methoxy groups -OCH3 is 1. The highest BCUT2D eigenvalue weighted by Gasteiger charge is 2.15. The zero-order valence-corrected chi connectivity index (χ0v) is 12.7. The Kier molecular flexibility index (Phi) is 4.79. The summed E-state index contributed by atoms with van der Waals surface area (Å²) in [6.45, 7) is 8.34. The first-order valence-electron chi connectivity index (χ1n) is 7.09. The lowest BCUT2D eigenvalue weighted by Crippen LogP contribution is -2.14. The van der Waals surface area contributed by atoms with Gasteiger partial charge < -0.3 is 10.1 Å². The molecule has 2 aromatic rings. The number of benzene rings is 1. The van der Waals surface area contributed by atoms with Gasteiger partial charge >= 0.3 is 0 Å². The molecule has 0 aliphatic rings. The Hall–Kier alpha value is -1.81. The van der Waals surface area contributed by atoms with Crippen LogP contribution in [-0.2, 0) is 6.54 Å². The Balaban J connectivity index is 2.37. The number of nitrogens with one attached hydrogen (secondary N) is 1. The SMILES string of the molecule is CCNCc1cnn(-c2ccc(OC)cc2)c1C(C)C. The number of hydrogen-bond acceptors (Lipinski definition) is 3. The van der Waals surface area contributed by atoms with Gasteiger partial charge in [0.1, 0.15) is 5.75 Å². The minimum absolute atomic E-state index is 0.424. The number of hydrogen-bond donors (Lipinski definition) is 1. The number of nitrogens with zero attached hydrogens (tertiary/aromatic N) is 2. The van der Waals surface area contributed by atoms with Gasteiger partial charge in [-0.3, -0.25) is 0 Å². The topological polar surface area (TPSA) is 39.1 Å². The van der Waals surface area contributed by atoms with Crippen molar-refractivity contribution in [2.75, 3.05) is 13.7 Å². The fourth-order valence-electron chi connectivity index (χ4n) is 2.33. The van der Waals surface area contributed by atoms with Gasteiger partial charge in [-0.2, -0.15) is 5.10 Å². The van der Waals surface area contributed by atoms with Gasteiger partial charge in [0, 0.05) is 12.1 Å². The van der Waals surface area contributed by atoms with Gasteiger partial charge in [-0.1, -0.05) is 20.8 Å². The molecule has 4 nitrogen and oxygen atoms in total. The molecule has 1 heterocycles. The Morgan fingerprint density at radius 1 is 1.25 bits per heavy atom. The van der Waals surface area contributed by atoms with Crippen LogP contribution >= 0.6 is 0 Å². The number of aromatic nitrogens is 2. The van der Waals surface area contributed by atoms with Crippen LogP contribution < -0.4 is 10.1 Å². The monoisotopic (exact) mass is 273 g/mol. The minimum atomic E-state index is 0.424. The lowest BCUT2D eigenvalue weighted by Gasteiger charge is -2.13.